The molecule has 0 aliphatic rings. The van der Waals surface area contributed by atoms with Crippen molar-refractivity contribution in [3.05, 3.63) is 51.6 Å². The van der Waals surface area contributed by atoms with Crippen LogP contribution in [0.5, 0.6) is 0 Å². The number of halogens is 2. The smallest absolute Gasteiger partial charge is 0.123 e. The maximum atomic E-state index is 13.2. The summed E-state index contributed by atoms with van der Waals surface area (Å²) in [5.41, 5.74) is 3.81. The Hall–Kier alpha value is -1.39. The number of benzene rings is 1. The summed E-state index contributed by atoms with van der Waals surface area (Å²) >= 11 is 6.30. The van der Waals surface area contributed by atoms with Gasteiger partial charge in [-0.2, -0.15) is 5.10 Å². The van der Waals surface area contributed by atoms with E-state index in [0.717, 1.165) is 22.5 Å². The second-order valence-corrected chi connectivity index (χ2v) is 5.39. The average Bonchev–Trinajstić information content (AvgIpc) is 2.62. The molecule has 0 radical (unpaired) electrons. The van der Waals surface area contributed by atoms with E-state index < -0.39 is 0 Å². The molecule has 2 aromatic rings. The Bertz CT molecular complexity index is 622. The first-order valence-electron chi connectivity index (χ1n) is 6.55. The van der Waals surface area contributed by atoms with Crippen molar-refractivity contribution in [2.75, 3.05) is 7.05 Å². The van der Waals surface area contributed by atoms with Crippen LogP contribution in [0.4, 0.5) is 4.39 Å². The molecule has 1 unspecified atom stereocenters. The molecule has 1 atom stereocenters. The Kier molecular flexibility index (Phi) is 4.45. The van der Waals surface area contributed by atoms with E-state index in [2.05, 4.69) is 10.4 Å². The number of rotatable bonds is 4. The van der Waals surface area contributed by atoms with Crippen LogP contribution in [0.3, 0.4) is 0 Å². The minimum absolute atomic E-state index is 0.0721. The summed E-state index contributed by atoms with van der Waals surface area (Å²) in [6.07, 6.45) is 0.707. The van der Waals surface area contributed by atoms with Gasteiger partial charge in [-0.3, -0.25) is 4.68 Å². The van der Waals surface area contributed by atoms with E-state index in [9.17, 15) is 4.39 Å². The van der Waals surface area contributed by atoms with Crippen molar-refractivity contribution >= 4 is 11.6 Å². The lowest BCUT2D eigenvalue weighted by atomic mass is 9.97. The fourth-order valence-corrected chi connectivity index (χ4v) is 2.73. The molecule has 0 spiro atoms. The standard InChI is InChI=1S/C15H19ClFN3/c1-9-7-11(17)5-6-12(9)13(18-3)8-14-15(16)10(2)19-20(14)4/h5-7,13,18H,8H2,1-4H3. The van der Waals surface area contributed by atoms with Crippen LogP contribution in [0.1, 0.15) is 28.6 Å². The molecule has 0 amide bonds. The monoisotopic (exact) mass is 295 g/mol. The third-order valence-electron chi connectivity index (χ3n) is 3.61. The molecule has 0 fully saturated rings. The number of hydrogen-bond acceptors (Lipinski definition) is 2. The number of aromatic nitrogens is 2. The maximum absolute atomic E-state index is 13.2. The highest BCUT2D eigenvalue weighted by molar-refractivity contribution is 6.31. The lowest BCUT2D eigenvalue weighted by Gasteiger charge is -2.19. The van der Waals surface area contributed by atoms with Gasteiger partial charge in [0.25, 0.3) is 0 Å². The van der Waals surface area contributed by atoms with Crippen molar-refractivity contribution in [2.45, 2.75) is 26.3 Å². The first-order valence-corrected chi connectivity index (χ1v) is 6.93. The summed E-state index contributed by atoms with van der Waals surface area (Å²) in [5.74, 6) is -0.212. The third kappa shape index (κ3) is 2.86. The van der Waals surface area contributed by atoms with E-state index in [4.69, 9.17) is 11.6 Å². The SMILES string of the molecule is CNC(Cc1c(Cl)c(C)nn1C)c1ccc(F)cc1C. The summed E-state index contributed by atoms with van der Waals surface area (Å²) in [6, 6.07) is 4.93. The Balaban J connectivity index is 2.33. The maximum Gasteiger partial charge on any atom is 0.123 e. The molecule has 0 bridgehead atoms. The molecular weight excluding hydrogens is 277 g/mol. The Morgan fingerprint density at radius 3 is 2.60 bits per heavy atom. The minimum Gasteiger partial charge on any atom is -0.313 e. The van der Waals surface area contributed by atoms with Crippen molar-refractivity contribution in [1.29, 1.82) is 0 Å². The quantitative estimate of drug-likeness (QED) is 0.937. The number of hydrogen-bond donors (Lipinski definition) is 1. The van der Waals surface area contributed by atoms with Crippen molar-refractivity contribution in [3.63, 3.8) is 0 Å². The molecule has 0 aliphatic heterocycles. The number of nitrogens with zero attached hydrogens (tertiary/aromatic N) is 2. The Morgan fingerprint density at radius 2 is 2.10 bits per heavy atom. The van der Waals surface area contributed by atoms with Crippen LogP contribution in [0.15, 0.2) is 18.2 Å². The van der Waals surface area contributed by atoms with Gasteiger partial charge in [-0.1, -0.05) is 17.7 Å². The average molecular weight is 296 g/mol. The normalized spacial score (nSPS) is 12.7. The number of nitrogens with one attached hydrogen (secondary N) is 1. The second kappa shape index (κ2) is 5.94. The van der Waals surface area contributed by atoms with Gasteiger partial charge in [0.1, 0.15) is 5.82 Å². The molecule has 0 aliphatic carbocycles. The number of aryl methyl sites for hydroxylation is 3. The molecule has 3 nitrogen and oxygen atoms in total. The molecule has 1 aromatic heterocycles. The van der Waals surface area contributed by atoms with Gasteiger partial charge in [0.05, 0.1) is 16.4 Å². The largest absolute Gasteiger partial charge is 0.313 e. The zero-order chi connectivity index (χ0) is 14.9. The fourth-order valence-electron chi connectivity index (χ4n) is 2.49. The predicted molar refractivity (Wildman–Crippen MR) is 79.6 cm³/mol. The van der Waals surface area contributed by atoms with Crippen LogP contribution < -0.4 is 5.32 Å². The van der Waals surface area contributed by atoms with E-state index in [1.54, 1.807) is 10.7 Å². The van der Waals surface area contributed by atoms with Crippen LogP contribution >= 0.6 is 11.6 Å². The molecule has 20 heavy (non-hydrogen) atoms. The summed E-state index contributed by atoms with van der Waals surface area (Å²) in [7, 11) is 3.78. The molecule has 1 N–H and O–H groups in total. The van der Waals surface area contributed by atoms with Crippen molar-refractivity contribution in [2.24, 2.45) is 7.05 Å². The molecule has 2 rings (SSSR count). The topological polar surface area (TPSA) is 29.9 Å². The van der Waals surface area contributed by atoms with E-state index >= 15 is 0 Å². The highest BCUT2D eigenvalue weighted by Crippen LogP contribution is 2.27. The molecule has 0 saturated heterocycles. The van der Waals surface area contributed by atoms with Crippen molar-refractivity contribution < 1.29 is 4.39 Å². The molecule has 0 saturated carbocycles. The van der Waals surface area contributed by atoms with Gasteiger partial charge >= 0.3 is 0 Å². The molecule has 5 heteroatoms. The van der Waals surface area contributed by atoms with Crippen LogP contribution in [0.2, 0.25) is 5.02 Å². The van der Waals surface area contributed by atoms with E-state index in [-0.39, 0.29) is 11.9 Å². The Labute approximate surface area is 123 Å². The van der Waals surface area contributed by atoms with Gasteiger partial charge in [0, 0.05) is 19.5 Å². The summed E-state index contributed by atoms with van der Waals surface area (Å²) in [6.45, 7) is 3.81. The van der Waals surface area contributed by atoms with Crippen molar-refractivity contribution in [3.8, 4) is 0 Å². The van der Waals surface area contributed by atoms with Gasteiger partial charge in [0.2, 0.25) is 0 Å². The summed E-state index contributed by atoms with van der Waals surface area (Å²) < 4.78 is 15.0. The highest BCUT2D eigenvalue weighted by atomic mass is 35.5. The lowest BCUT2D eigenvalue weighted by molar-refractivity contribution is 0.556. The van der Waals surface area contributed by atoms with Gasteiger partial charge in [-0.15, -0.1) is 0 Å². The van der Waals surface area contributed by atoms with Crippen LogP contribution in [0.25, 0.3) is 0 Å². The third-order valence-corrected chi connectivity index (χ3v) is 4.11. The first kappa shape index (κ1) is 15.0. The zero-order valence-electron chi connectivity index (χ0n) is 12.2. The van der Waals surface area contributed by atoms with Crippen molar-refractivity contribution in [1.82, 2.24) is 15.1 Å². The van der Waals surface area contributed by atoms with Crippen LogP contribution in [-0.2, 0) is 13.5 Å². The van der Waals surface area contributed by atoms with Gasteiger partial charge in [0.15, 0.2) is 0 Å². The molecule has 1 aromatic carbocycles. The van der Waals surface area contributed by atoms with Crippen LogP contribution in [0, 0.1) is 19.7 Å². The minimum atomic E-state index is -0.212. The predicted octanol–water partition coefficient (Wildman–Crippen LogP) is 3.33. The van der Waals surface area contributed by atoms with Gasteiger partial charge in [-0.25, -0.2) is 4.39 Å². The van der Waals surface area contributed by atoms with Gasteiger partial charge in [-0.05, 0) is 44.2 Å². The Morgan fingerprint density at radius 1 is 1.40 bits per heavy atom. The zero-order valence-corrected chi connectivity index (χ0v) is 12.9. The highest BCUT2D eigenvalue weighted by Gasteiger charge is 2.18. The lowest BCUT2D eigenvalue weighted by Crippen LogP contribution is -2.21. The molecule has 108 valence electrons. The van der Waals surface area contributed by atoms with E-state index in [0.29, 0.717) is 11.4 Å². The van der Waals surface area contributed by atoms with E-state index in [1.807, 2.05) is 34.0 Å². The number of likely N-dealkylation sites (N-methyl/N-ethyl adjacent to an activating group) is 1. The summed E-state index contributed by atoms with van der Waals surface area (Å²) in [5, 5.41) is 8.30. The first-order chi connectivity index (χ1) is 9.43. The molecule has 1 heterocycles. The van der Waals surface area contributed by atoms with Gasteiger partial charge < -0.3 is 5.32 Å². The fraction of sp³-hybridized carbons (Fsp3) is 0.400. The van der Waals surface area contributed by atoms with E-state index in [1.165, 1.54) is 6.07 Å². The molecular formula is C15H19ClFN3. The summed E-state index contributed by atoms with van der Waals surface area (Å²) in [4.78, 5) is 0. The second-order valence-electron chi connectivity index (χ2n) is 5.02. The van der Waals surface area contributed by atoms with Crippen LogP contribution in [-0.4, -0.2) is 16.8 Å².